The largest absolute Gasteiger partial charge is 0.398 e. The molecule has 0 amide bonds. The first-order valence-electron chi connectivity index (χ1n) is 5.81. The lowest BCUT2D eigenvalue weighted by Crippen LogP contribution is -2.15. The Morgan fingerprint density at radius 3 is 2.55 bits per heavy atom. The molecule has 0 bridgehead atoms. The second kappa shape index (κ2) is 5.30. The molecule has 0 saturated carbocycles. The molecule has 2 aromatic rings. The molecular weight excluding hydrogens is 298 g/mol. The van der Waals surface area contributed by atoms with E-state index in [2.05, 4.69) is 9.71 Å². The maximum absolute atomic E-state index is 12.3. The quantitative estimate of drug-likeness (QED) is 0.853. The predicted molar refractivity (Wildman–Crippen MR) is 80.4 cm³/mol. The molecule has 7 heteroatoms. The zero-order valence-corrected chi connectivity index (χ0v) is 12.6. The smallest absolute Gasteiger partial charge is 0.264 e. The van der Waals surface area contributed by atoms with E-state index in [1.807, 2.05) is 6.92 Å². The molecule has 0 fully saturated rings. The highest BCUT2D eigenvalue weighted by Crippen LogP contribution is 2.28. The Balaban J connectivity index is 2.40. The van der Waals surface area contributed by atoms with Crippen molar-refractivity contribution in [3.8, 4) is 0 Å². The maximum atomic E-state index is 12.3. The van der Waals surface area contributed by atoms with Gasteiger partial charge in [-0.1, -0.05) is 17.7 Å². The van der Waals surface area contributed by atoms with Gasteiger partial charge in [0.05, 0.1) is 5.02 Å². The van der Waals surface area contributed by atoms with Gasteiger partial charge in [0.25, 0.3) is 10.0 Å². The van der Waals surface area contributed by atoms with Crippen LogP contribution in [0, 0.1) is 13.8 Å². The second-order valence-electron chi connectivity index (χ2n) is 4.47. The summed E-state index contributed by atoms with van der Waals surface area (Å²) in [7, 11) is -3.82. The number of hydrogen-bond donors (Lipinski definition) is 2. The fraction of sp³-hybridized carbons (Fsp3) is 0.154. The number of nitrogen functional groups attached to an aromatic ring is 1. The average molecular weight is 312 g/mol. The summed E-state index contributed by atoms with van der Waals surface area (Å²) in [6, 6.07) is 6.20. The number of rotatable bonds is 3. The fourth-order valence-electron chi connectivity index (χ4n) is 1.60. The zero-order valence-electron chi connectivity index (χ0n) is 11.0. The van der Waals surface area contributed by atoms with Crippen LogP contribution >= 0.6 is 11.6 Å². The molecule has 1 heterocycles. The summed E-state index contributed by atoms with van der Waals surface area (Å²) in [6.07, 6.45) is 1.57. The van der Waals surface area contributed by atoms with Crippen molar-refractivity contribution in [3.05, 3.63) is 46.6 Å². The van der Waals surface area contributed by atoms with E-state index in [9.17, 15) is 8.42 Å². The molecule has 0 aliphatic heterocycles. The number of nitrogens with zero attached hydrogens (tertiary/aromatic N) is 1. The Kier molecular flexibility index (Phi) is 3.87. The SMILES string of the molecule is Cc1ccc(NS(=O)(=O)c2cc(N)c(C)cc2Cl)nc1. The summed E-state index contributed by atoms with van der Waals surface area (Å²) >= 11 is 5.98. The van der Waals surface area contributed by atoms with E-state index in [-0.39, 0.29) is 15.7 Å². The second-order valence-corrected chi connectivity index (χ2v) is 6.52. The molecule has 3 N–H and O–H groups in total. The lowest BCUT2D eigenvalue weighted by molar-refractivity contribution is 0.601. The van der Waals surface area contributed by atoms with Crippen LogP contribution in [-0.2, 0) is 10.0 Å². The number of nitrogens with one attached hydrogen (secondary N) is 1. The van der Waals surface area contributed by atoms with Gasteiger partial charge >= 0.3 is 0 Å². The molecule has 5 nitrogen and oxygen atoms in total. The molecule has 20 heavy (non-hydrogen) atoms. The highest BCUT2D eigenvalue weighted by Gasteiger charge is 2.19. The van der Waals surface area contributed by atoms with Crippen LogP contribution < -0.4 is 10.5 Å². The van der Waals surface area contributed by atoms with Crippen molar-refractivity contribution in [2.24, 2.45) is 0 Å². The first-order chi connectivity index (χ1) is 9.29. The number of anilines is 2. The molecule has 1 aromatic heterocycles. The Hall–Kier alpha value is -1.79. The number of hydrogen-bond acceptors (Lipinski definition) is 4. The van der Waals surface area contributed by atoms with Gasteiger partial charge in [-0.3, -0.25) is 4.72 Å². The zero-order chi connectivity index (χ0) is 14.9. The van der Waals surface area contributed by atoms with Crippen LogP contribution in [0.25, 0.3) is 0 Å². The van der Waals surface area contributed by atoms with Crippen molar-refractivity contribution in [1.82, 2.24) is 4.98 Å². The number of benzene rings is 1. The molecule has 0 aliphatic carbocycles. The molecule has 0 aliphatic rings. The van der Waals surface area contributed by atoms with Gasteiger partial charge in [0.15, 0.2) is 0 Å². The first-order valence-corrected chi connectivity index (χ1v) is 7.67. The van der Waals surface area contributed by atoms with Gasteiger partial charge in [-0.2, -0.15) is 0 Å². The van der Waals surface area contributed by atoms with Gasteiger partial charge < -0.3 is 5.73 Å². The third kappa shape index (κ3) is 3.02. The minimum atomic E-state index is -3.82. The summed E-state index contributed by atoms with van der Waals surface area (Å²) in [6.45, 7) is 3.62. The Morgan fingerprint density at radius 2 is 1.95 bits per heavy atom. The minimum Gasteiger partial charge on any atom is -0.398 e. The predicted octanol–water partition coefficient (Wildman–Crippen LogP) is 2.73. The van der Waals surface area contributed by atoms with Crippen molar-refractivity contribution in [2.75, 3.05) is 10.5 Å². The number of aryl methyl sites for hydroxylation is 2. The number of aromatic nitrogens is 1. The average Bonchev–Trinajstić information content (AvgIpc) is 2.36. The molecule has 0 atom stereocenters. The van der Waals surface area contributed by atoms with Crippen LogP contribution in [0.2, 0.25) is 5.02 Å². The number of halogens is 1. The lowest BCUT2D eigenvalue weighted by Gasteiger charge is -2.11. The fourth-order valence-corrected chi connectivity index (χ4v) is 3.22. The van der Waals surface area contributed by atoms with E-state index in [4.69, 9.17) is 17.3 Å². The molecular formula is C13H14ClN3O2S. The van der Waals surface area contributed by atoms with Crippen molar-refractivity contribution in [2.45, 2.75) is 18.7 Å². The molecule has 0 radical (unpaired) electrons. The van der Waals surface area contributed by atoms with E-state index in [1.54, 1.807) is 25.3 Å². The van der Waals surface area contributed by atoms with E-state index >= 15 is 0 Å². The molecule has 0 spiro atoms. The van der Waals surface area contributed by atoms with Crippen molar-refractivity contribution >= 4 is 33.1 Å². The van der Waals surface area contributed by atoms with E-state index in [0.29, 0.717) is 5.69 Å². The van der Waals surface area contributed by atoms with Crippen LogP contribution in [0.15, 0.2) is 35.4 Å². The van der Waals surface area contributed by atoms with Gasteiger partial charge in [0.2, 0.25) is 0 Å². The third-order valence-electron chi connectivity index (χ3n) is 2.76. The summed E-state index contributed by atoms with van der Waals surface area (Å²) in [4.78, 5) is 3.93. The van der Waals surface area contributed by atoms with Crippen LogP contribution in [0.4, 0.5) is 11.5 Å². The van der Waals surface area contributed by atoms with Gasteiger partial charge in [0.1, 0.15) is 10.7 Å². The normalized spacial score (nSPS) is 11.3. The van der Waals surface area contributed by atoms with Crippen LogP contribution in [0.3, 0.4) is 0 Å². The maximum Gasteiger partial charge on any atom is 0.264 e. The molecule has 0 saturated heterocycles. The van der Waals surface area contributed by atoms with E-state index in [1.165, 1.54) is 12.1 Å². The standard InChI is InChI=1S/C13H14ClN3O2S/c1-8-3-4-13(16-7-8)17-20(18,19)12-6-11(15)9(2)5-10(12)14/h3-7H,15H2,1-2H3,(H,16,17). The van der Waals surface area contributed by atoms with Gasteiger partial charge in [-0.25, -0.2) is 13.4 Å². The summed E-state index contributed by atoms with van der Waals surface area (Å²) in [5.74, 6) is 0.228. The van der Waals surface area contributed by atoms with E-state index in [0.717, 1.165) is 11.1 Å². The topological polar surface area (TPSA) is 85.1 Å². The third-order valence-corrected chi connectivity index (χ3v) is 4.58. The van der Waals surface area contributed by atoms with Crippen LogP contribution in [0.1, 0.15) is 11.1 Å². The minimum absolute atomic E-state index is 0.0651. The Morgan fingerprint density at radius 1 is 1.25 bits per heavy atom. The van der Waals surface area contributed by atoms with Gasteiger partial charge in [0, 0.05) is 11.9 Å². The highest BCUT2D eigenvalue weighted by molar-refractivity contribution is 7.92. The van der Waals surface area contributed by atoms with Crippen molar-refractivity contribution in [3.63, 3.8) is 0 Å². The molecule has 106 valence electrons. The summed E-state index contributed by atoms with van der Waals surface area (Å²) < 4.78 is 26.9. The first kappa shape index (κ1) is 14.6. The Bertz CT molecular complexity index is 743. The highest BCUT2D eigenvalue weighted by atomic mass is 35.5. The monoisotopic (exact) mass is 311 g/mol. The van der Waals surface area contributed by atoms with Crippen LogP contribution in [0.5, 0.6) is 0 Å². The number of nitrogens with two attached hydrogens (primary N) is 1. The van der Waals surface area contributed by atoms with Crippen molar-refractivity contribution in [1.29, 1.82) is 0 Å². The van der Waals surface area contributed by atoms with Gasteiger partial charge in [-0.05, 0) is 43.2 Å². The van der Waals surface area contributed by atoms with Crippen molar-refractivity contribution < 1.29 is 8.42 Å². The van der Waals surface area contributed by atoms with Crippen LogP contribution in [-0.4, -0.2) is 13.4 Å². The molecule has 2 rings (SSSR count). The van der Waals surface area contributed by atoms with Gasteiger partial charge in [-0.15, -0.1) is 0 Å². The number of pyridine rings is 1. The molecule has 1 aromatic carbocycles. The lowest BCUT2D eigenvalue weighted by atomic mass is 10.2. The molecule has 0 unspecified atom stereocenters. The summed E-state index contributed by atoms with van der Waals surface area (Å²) in [5.41, 5.74) is 7.76. The summed E-state index contributed by atoms with van der Waals surface area (Å²) in [5, 5.41) is 0.122. The number of sulfonamides is 1. The Labute approximate surface area is 122 Å². The van der Waals surface area contributed by atoms with E-state index < -0.39 is 10.0 Å².